The van der Waals surface area contributed by atoms with Crippen molar-refractivity contribution in [1.82, 2.24) is 0 Å². The van der Waals surface area contributed by atoms with Crippen LogP contribution in [0.1, 0.15) is 10.4 Å². The maximum absolute atomic E-state index is 12.1. The van der Waals surface area contributed by atoms with Gasteiger partial charge < -0.3 is 20.4 Å². The van der Waals surface area contributed by atoms with Gasteiger partial charge in [0.15, 0.2) is 11.5 Å². The summed E-state index contributed by atoms with van der Waals surface area (Å²) in [6.45, 7) is 0. The Bertz CT molecular complexity index is 639. The lowest BCUT2D eigenvalue weighted by atomic mass is 10.1. The molecule has 5 nitrogen and oxygen atoms in total. The lowest BCUT2D eigenvalue weighted by Gasteiger charge is -2.17. The van der Waals surface area contributed by atoms with E-state index in [-0.39, 0.29) is 23.0 Å². The van der Waals surface area contributed by atoms with Gasteiger partial charge in [-0.25, -0.2) is 0 Å². The zero-order chi connectivity index (χ0) is 14.7. The third-order valence-electron chi connectivity index (χ3n) is 2.87. The number of nitrogens with zero attached hydrogens (tertiary/aromatic N) is 1. The second-order valence-corrected chi connectivity index (χ2v) is 4.57. The fraction of sp³-hybridized carbons (Fsp3) is 0.133. The Morgan fingerprint density at radius 3 is 2.40 bits per heavy atom. The first-order chi connectivity index (χ1) is 9.49. The molecule has 0 heterocycles. The number of rotatable bonds is 3. The molecule has 0 aromatic heterocycles. The molecule has 5 heteroatoms. The van der Waals surface area contributed by atoms with Gasteiger partial charge in [-0.2, -0.15) is 0 Å². The summed E-state index contributed by atoms with van der Waals surface area (Å²) in [5.74, 6) is -0.927. The van der Waals surface area contributed by atoms with Gasteiger partial charge in [0, 0.05) is 19.7 Å². The zero-order valence-electron chi connectivity index (χ0n) is 11.3. The number of anilines is 2. The molecule has 2 aromatic carbocycles. The number of carbonyl (C=O) groups excluding carboxylic acids is 1. The first kappa shape index (κ1) is 13.7. The van der Waals surface area contributed by atoms with Crippen LogP contribution in [0.25, 0.3) is 0 Å². The lowest BCUT2D eigenvalue weighted by molar-refractivity contribution is 0.102. The Kier molecular flexibility index (Phi) is 3.79. The normalized spacial score (nSPS) is 10.1. The van der Waals surface area contributed by atoms with Crippen molar-refractivity contribution in [3.8, 4) is 11.5 Å². The van der Waals surface area contributed by atoms with Crippen LogP contribution in [0.4, 0.5) is 11.4 Å². The molecule has 0 radical (unpaired) electrons. The van der Waals surface area contributed by atoms with Crippen LogP contribution in [0, 0.1) is 0 Å². The maximum atomic E-state index is 12.1. The predicted molar refractivity (Wildman–Crippen MR) is 78.5 cm³/mol. The Labute approximate surface area is 117 Å². The molecule has 0 saturated heterocycles. The maximum Gasteiger partial charge on any atom is 0.255 e. The SMILES string of the molecule is CN(C)c1ccccc1NC(=O)c1ccc(O)c(O)c1. The number of hydrogen-bond donors (Lipinski definition) is 3. The van der Waals surface area contributed by atoms with Gasteiger partial charge >= 0.3 is 0 Å². The minimum Gasteiger partial charge on any atom is -0.504 e. The van der Waals surface area contributed by atoms with E-state index in [2.05, 4.69) is 5.32 Å². The minimum absolute atomic E-state index is 0.254. The first-order valence-electron chi connectivity index (χ1n) is 6.08. The van der Waals surface area contributed by atoms with Crippen LogP contribution in [0.15, 0.2) is 42.5 Å². The number of carbonyl (C=O) groups is 1. The Morgan fingerprint density at radius 1 is 1.05 bits per heavy atom. The largest absolute Gasteiger partial charge is 0.504 e. The molecule has 0 atom stereocenters. The number of phenols is 2. The molecular weight excluding hydrogens is 256 g/mol. The molecule has 1 amide bonds. The zero-order valence-corrected chi connectivity index (χ0v) is 11.3. The third kappa shape index (κ3) is 2.83. The van der Waals surface area contributed by atoms with Gasteiger partial charge in [0.2, 0.25) is 0 Å². The Morgan fingerprint density at radius 2 is 1.75 bits per heavy atom. The van der Waals surface area contributed by atoms with Crippen molar-refractivity contribution in [3.63, 3.8) is 0 Å². The van der Waals surface area contributed by atoms with E-state index in [9.17, 15) is 15.0 Å². The third-order valence-corrected chi connectivity index (χ3v) is 2.87. The van der Waals surface area contributed by atoms with Crippen molar-refractivity contribution in [2.24, 2.45) is 0 Å². The second-order valence-electron chi connectivity index (χ2n) is 4.57. The summed E-state index contributed by atoms with van der Waals surface area (Å²) in [6, 6.07) is 11.4. The van der Waals surface area contributed by atoms with Gasteiger partial charge in [-0.1, -0.05) is 12.1 Å². The average Bonchev–Trinajstić information content (AvgIpc) is 2.42. The first-order valence-corrected chi connectivity index (χ1v) is 6.08. The summed E-state index contributed by atoms with van der Waals surface area (Å²) < 4.78 is 0. The number of amides is 1. The molecule has 0 spiro atoms. The lowest BCUT2D eigenvalue weighted by Crippen LogP contribution is -2.16. The van der Waals surface area contributed by atoms with E-state index in [0.29, 0.717) is 5.69 Å². The molecule has 20 heavy (non-hydrogen) atoms. The summed E-state index contributed by atoms with van der Waals surface area (Å²) in [7, 11) is 3.77. The number of para-hydroxylation sites is 2. The molecule has 0 aliphatic rings. The van der Waals surface area contributed by atoms with Crippen molar-refractivity contribution in [1.29, 1.82) is 0 Å². The van der Waals surface area contributed by atoms with Crippen LogP contribution >= 0.6 is 0 Å². The highest BCUT2D eigenvalue weighted by atomic mass is 16.3. The highest BCUT2D eigenvalue weighted by molar-refractivity contribution is 6.06. The smallest absolute Gasteiger partial charge is 0.255 e. The summed E-state index contributed by atoms with van der Waals surface area (Å²) in [4.78, 5) is 14.0. The number of aromatic hydroxyl groups is 2. The summed E-state index contributed by atoms with van der Waals surface area (Å²) in [5.41, 5.74) is 1.83. The molecule has 0 fully saturated rings. The number of benzene rings is 2. The molecule has 2 rings (SSSR count). The fourth-order valence-corrected chi connectivity index (χ4v) is 1.83. The quantitative estimate of drug-likeness (QED) is 0.750. The summed E-state index contributed by atoms with van der Waals surface area (Å²) in [5, 5.41) is 21.4. The van der Waals surface area contributed by atoms with Crippen molar-refractivity contribution < 1.29 is 15.0 Å². The molecule has 0 saturated carbocycles. The van der Waals surface area contributed by atoms with Crippen LogP contribution in [0.5, 0.6) is 11.5 Å². The number of phenolic OH excluding ortho intramolecular Hbond substituents is 2. The molecule has 3 N–H and O–H groups in total. The highest BCUT2D eigenvalue weighted by Gasteiger charge is 2.11. The van der Waals surface area contributed by atoms with Gasteiger partial charge in [0.05, 0.1) is 11.4 Å². The van der Waals surface area contributed by atoms with Crippen LogP contribution in [0.3, 0.4) is 0 Å². The molecule has 0 aliphatic carbocycles. The molecular formula is C15H16N2O3. The Hall–Kier alpha value is -2.69. The van der Waals surface area contributed by atoms with Gasteiger partial charge in [-0.3, -0.25) is 4.79 Å². The molecule has 0 unspecified atom stereocenters. The monoisotopic (exact) mass is 272 g/mol. The van der Waals surface area contributed by atoms with Gasteiger partial charge in [0.25, 0.3) is 5.91 Å². The number of nitrogens with one attached hydrogen (secondary N) is 1. The van der Waals surface area contributed by atoms with Crippen molar-refractivity contribution in [3.05, 3.63) is 48.0 Å². The summed E-state index contributed by atoms with van der Waals surface area (Å²) in [6.07, 6.45) is 0. The van der Waals surface area contributed by atoms with Gasteiger partial charge in [-0.05, 0) is 30.3 Å². The van der Waals surface area contributed by atoms with Gasteiger partial charge in [0.1, 0.15) is 0 Å². The molecule has 0 bridgehead atoms. The molecule has 2 aromatic rings. The Balaban J connectivity index is 2.26. The van der Waals surface area contributed by atoms with E-state index in [1.165, 1.54) is 18.2 Å². The van der Waals surface area contributed by atoms with Crippen LogP contribution in [0.2, 0.25) is 0 Å². The highest BCUT2D eigenvalue weighted by Crippen LogP contribution is 2.27. The van der Waals surface area contributed by atoms with E-state index in [1.54, 1.807) is 6.07 Å². The summed E-state index contributed by atoms with van der Waals surface area (Å²) >= 11 is 0. The van der Waals surface area contributed by atoms with Crippen LogP contribution in [-0.2, 0) is 0 Å². The number of hydrogen-bond acceptors (Lipinski definition) is 4. The van der Waals surface area contributed by atoms with Crippen molar-refractivity contribution in [2.45, 2.75) is 0 Å². The standard InChI is InChI=1S/C15H16N2O3/c1-17(2)12-6-4-3-5-11(12)16-15(20)10-7-8-13(18)14(19)9-10/h3-9,18-19H,1-2H3,(H,16,20). The van der Waals surface area contributed by atoms with Crippen LogP contribution < -0.4 is 10.2 Å². The van der Waals surface area contributed by atoms with E-state index in [1.807, 2.05) is 37.2 Å². The molecule has 104 valence electrons. The van der Waals surface area contributed by atoms with Crippen LogP contribution in [-0.4, -0.2) is 30.2 Å². The van der Waals surface area contributed by atoms with Crippen molar-refractivity contribution >= 4 is 17.3 Å². The minimum atomic E-state index is -0.352. The van der Waals surface area contributed by atoms with E-state index in [4.69, 9.17) is 0 Å². The van der Waals surface area contributed by atoms with Crippen molar-refractivity contribution in [2.75, 3.05) is 24.3 Å². The topological polar surface area (TPSA) is 72.8 Å². The predicted octanol–water partition coefficient (Wildman–Crippen LogP) is 2.42. The second kappa shape index (κ2) is 5.52. The van der Waals surface area contributed by atoms with E-state index >= 15 is 0 Å². The fourth-order valence-electron chi connectivity index (χ4n) is 1.83. The average molecular weight is 272 g/mol. The molecule has 0 aliphatic heterocycles. The van der Waals surface area contributed by atoms with E-state index < -0.39 is 0 Å². The van der Waals surface area contributed by atoms with Gasteiger partial charge in [-0.15, -0.1) is 0 Å². The van der Waals surface area contributed by atoms with E-state index in [0.717, 1.165) is 5.69 Å².